The minimum atomic E-state index is -0.920. The van der Waals surface area contributed by atoms with Gasteiger partial charge in [-0.25, -0.2) is 0 Å². The Labute approximate surface area is 47.6 Å². The summed E-state index contributed by atoms with van der Waals surface area (Å²) in [5.41, 5.74) is 0. The summed E-state index contributed by atoms with van der Waals surface area (Å²) in [6.07, 6.45) is -0.115. The number of methoxy groups -OCH3 is 1. The summed E-state index contributed by atoms with van der Waals surface area (Å²) < 4.78 is 4.49. The van der Waals surface area contributed by atoms with E-state index in [4.69, 9.17) is 5.11 Å². The van der Waals surface area contributed by atoms with E-state index in [-0.39, 0.29) is 12.2 Å². The third-order valence-electron chi connectivity index (χ3n) is 0.637. The lowest BCUT2D eigenvalue weighted by Crippen LogP contribution is -1.96. The number of hydrogen-bond donors (Lipinski definition) is 1. The molecule has 0 radical (unpaired) electrons. The molecule has 0 rings (SSSR count). The van der Waals surface area contributed by atoms with Gasteiger partial charge in [-0.15, -0.1) is 0 Å². The van der Waals surface area contributed by atoms with E-state index >= 15 is 0 Å². The predicted molar refractivity (Wildman–Crippen MR) is 28.4 cm³/mol. The number of hydrogen-bond acceptors (Lipinski definition) is 2. The first kappa shape index (κ1) is 7.01. The normalized spacial score (nSPS) is 8.12. The minimum absolute atomic E-state index is 0.115. The van der Waals surface area contributed by atoms with Crippen LogP contribution in [0.4, 0.5) is 0 Å². The molecule has 0 aromatic heterocycles. The van der Waals surface area contributed by atoms with Gasteiger partial charge >= 0.3 is 5.97 Å². The van der Waals surface area contributed by atoms with Gasteiger partial charge in [-0.1, -0.05) is 6.58 Å². The lowest BCUT2D eigenvalue weighted by Gasteiger charge is -1.96. The van der Waals surface area contributed by atoms with Crippen LogP contribution in [0.1, 0.15) is 6.42 Å². The fraction of sp³-hybridized carbons (Fsp3) is 0.400. The average Bonchev–Trinajstić information content (AvgIpc) is 1.65. The molecule has 0 saturated carbocycles. The summed E-state index contributed by atoms with van der Waals surface area (Å²) >= 11 is 0. The zero-order valence-corrected chi connectivity index (χ0v) is 4.68. The molecule has 0 atom stereocenters. The van der Waals surface area contributed by atoms with Crippen LogP contribution in [0, 0.1) is 0 Å². The third kappa shape index (κ3) is 3.21. The maximum absolute atomic E-state index is 9.83. The summed E-state index contributed by atoms with van der Waals surface area (Å²) in [5, 5.41) is 8.07. The Morgan fingerprint density at radius 1 is 1.88 bits per heavy atom. The van der Waals surface area contributed by atoms with Crippen molar-refractivity contribution >= 4 is 5.97 Å². The second-order valence-corrected chi connectivity index (χ2v) is 1.31. The highest BCUT2D eigenvalue weighted by Gasteiger charge is 1.98. The zero-order chi connectivity index (χ0) is 6.57. The minimum Gasteiger partial charge on any atom is -0.501 e. The Balaban J connectivity index is 3.40. The van der Waals surface area contributed by atoms with Gasteiger partial charge in [0.2, 0.25) is 0 Å². The van der Waals surface area contributed by atoms with Gasteiger partial charge < -0.3 is 9.84 Å². The molecule has 0 fully saturated rings. The largest absolute Gasteiger partial charge is 0.501 e. The van der Waals surface area contributed by atoms with Gasteiger partial charge in [-0.3, -0.25) is 4.79 Å². The number of aliphatic carboxylic acids is 1. The fourth-order valence-corrected chi connectivity index (χ4v) is 0.241. The van der Waals surface area contributed by atoms with E-state index in [9.17, 15) is 4.79 Å². The number of carbonyl (C=O) groups is 1. The molecule has 0 bridgehead atoms. The molecule has 0 aliphatic rings. The molecule has 0 unspecified atom stereocenters. The highest BCUT2D eigenvalue weighted by molar-refractivity contribution is 5.69. The lowest BCUT2D eigenvalue weighted by atomic mass is 10.4. The SMILES string of the molecule is C=C(CC(=O)O)OC. The van der Waals surface area contributed by atoms with Gasteiger partial charge in [0, 0.05) is 0 Å². The number of carboxylic acid groups (broad SMARTS) is 1. The van der Waals surface area contributed by atoms with E-state index in [1.165, 1.54) is 7.11 Å². The van der Waals surface area contributed by atoms with Crippen LogP contribution < -0.4 is 0 Å². The first-order chi connectivity index (χ1) is 3.66. The molecule has 8 heavy (non-hydrogen) atoms. The van der Waals surface area contributed by atoms with Crippen molar-refractivity contribution in [1.82, 2.24) is 0 Å². The first-order valence-corrected chi connectivity index (χ1v) is 2.10. The average molecular weight is 116 g/mol. The van der Waals surface area contributed by atoms with Crippen molar-refractivity contribution in [2.75, 3.05) is 7.11 Å². The first-order valence-electron chi connectivity index (χ1n) is 2.10. The molecule has 0 aliphatic heterocycles. The van der Waals surface area contributed by atoms with Crippen LogP contribution in [-0.4, -0.2) is 18.2 Å². The van der Waals surface area contributed by atoms with E-state index in [0.29, 0.717) is 0 Å². The van der Waals surface area contributed by atoms with Crippen LogP contribution in [0.25, 0.3) is 0 Å². The molecule has 3 nitrogen and oxygen atoms in total. The molecule has 0 aliphatic carbocycles. The Bertz CT molecular complexity index is 106. The number of rotatable bonds is 3. The Morgan fingerprint density at radius 2 is 2.38 bits per heavy atom. The fourth-order valence-electron chi connectivity index (χ4n) is 0.241. The Morgan fingerprint density at radius 3 is 2.50 bits per heavy atom. The molecule has 0 heterocycles. The van der Waals surface area contributed by atoms with Crippen LogP contribution in [0.5, 0.6) is 0 Å². The molecule has 0 aromatic rings. The quantitative estimate of drug-likeness (QED) is 0.550. The van der Waals surface area contributed by atoms with Crippen LogP contribution in [0.15, 0.2) is 12.3 Å². The van der Waals surface area contributed by atoms with Crippen molar-refractivity contribution in [3.8, 4) is 0 Å². The summed E-state index contributed by atoms with van der Waals surface area (Å²) in [6.45, 7) is 3.31. The van der Waals surface area contributed by atoms with Crippen molar-refractivity contribution in [2.24, 2.45) is 0 Å². The summed E-state index contributed by atoms with van der Waals surface area (Å²) in [4.78, 5) is 9.83. The smallest absolute Gasteiger partial charge is 0.310 e. The molecule has 0 aromatic carbocycles. The standard InChI is InChI=1S/C5H8O3/c1-4(8-2)3-5(6)7/h1,3H2,2H3,(H,6,7). The van der Waals surface area contributed by atoms with E-state index in [0.717, 1.165) is 0 Å². The van der Waals surface area contributed by atoms with Crippen molar-refractivity contribution in [3.05, 3.63) is 12.3 Å². The Kier molecular flexibility index (Phi) is 2.69. The molecule has 0 amide bonds. The second kappa shape index (κ2) is 3.07. The van der Waals surface area contributed by atoms with Crippen molar-refractivity contribution < 1.29 is 14.6 Å². The van der Waals surface area contributed by atoms with E-state index in [1.54, 1.807) is 0 Å². The highest BCUT2D eigenvalue weighted by Crippen LogP contribution is 1.95. The van der Waals surface area contributed by atoms with Crippen molar-refractivity contribution in [1.29, 1.82) is 0 Å². The van der Waals surface area contributed by atoms with Gasteiger partial charge in [0.25, 0.3) is 0 Å². The second-order valence-electron chi connectivity index (χ2n) is 1.31. The number of ether oxygens (including phenoxy) is 1. The zero-order valence-electron chi connectivity index (χ0n) is 4.68. The third-order valence-corrected chi connectivity index (χ3v) is 0.637. The predicted octanol–water partition coefficient (Wildman–Crippen LogP) is 0.621. The van der Waals surface area contributed by atoms with Crippen molar-refractivity contribution in [2.45, 2.75) is 6.42 Å². The van der Waals surface area contributed by atoms with Crippen LogP contribution in [0.2, 0.25) is 0 Å². The summed E-state index contributed by atoms with van der Waals surface area (Å²) in [5.74, 6) is -0.644. The lowest BCUT2D eigenvalue weighted by molar-refractivity contribution is -0.136. The van der Waals surface area contributed by atoms with Gasteiger partial charge in [0.05, 0.1) is 12.9 Å². The van der Waals surface area contributed by atoms with Crippen molar-refractivity contribution in [3.63, 3.8) is 0 Å². The maximum atomic E-state index is 9.83. The van der Waals surface area contributed by atoms with Gasteiger partial charge in [0.1, 0.15) is 6.42 Å². The monoisotopic (exact) mass is 116 g/mol. The molecule has 1 N–H and O–H groups in total. The maximum Gasteiger partial charge on any atom is 0.310 e. The molecular formula is C5H8O3. The molecular weight excluding hydrogens is 108 g/mol. The number of carboxylic acids is 1. The summed E-state index contributed by atoms with van der Waals surface area (Å²) in [7, 11) is 1.39. The molecule has 3 heteroatoms. The molecule has 46 valence electrons. The molecule has 0 saturated heterocycles. The van der Waals surface area contributed by atoms with Crippen LogP contribution in [-0.2, 0) is 9.53 Å². The Hall–Kier alpha value is -0.990. The summed E-state index contributed by atoms with van der Waals surface area (Å²) in [6, 6.07) is 0. The van der Waals surface area contributed by atoms with Gasteiger partial charge in [-0.2, -0.15) is 0 Å². The van der Waals surface area contributed by atoms with Gasteiger partial charge in [0.15, 0.2) is 0 Å². The van der Waals surface area contributed by atoms with Crippen LogP contribution >= 0.6 is 0 Å². The topological polar surface area (TPSA) is 46.5 Å². The van der Waals surface area contributed by atoms with Crippen LogP contribution in [0.3, 0.4) is 0 Å². The molecule has 0 spiro atoms. The van der Waals surface area contributed by atoms with E-state index < -0.39 is 5.97 Å². The van der Waals surface area contributed by atoms with E-state index in [1.807, 2.05) is 0 Å². The van der Waals surface area contributed by atoms with E-state index in [2.05, 4.69) is 11.3 Å². The van der Waals surface area contributed by atoms with Gasteiger partial charge in [-0.05, 0) is 0 Å². The highest BCUT2D eigenvalue weighted by atomic mass is 16.5.